The lowest BCUT2D eigenvalue weighted by Crippen LogP contribution is -2.38. The molecule has 0 bridgehead atoms. The highest BCUT2D eigenvalue weighted by Crippen LogP contribution is 2.45. The molecule has 0 amide bonds. The molecule has 1 aliphatic rings. The number of benzene rings is 1. The van der Waals surface area contributed by atoms with Gasteiger partial charge in [-0.2, -0.15) is 0 Å². The molecule has 2 rings (SSSR count). The Labute approximate surface area is 111 Å². The van der Waals surface area contributed by atoms with Crippen LogP contribution in [0.5, 0.6) is 11.5 Å². The molecule has 1 aromatic carbocycles. The second-order valence-electron chi connectivity index (χ2n) is 4.82. The summed E-state index contributed by atoms with van der Waals surface area (Å²) in [5, 5.41) is 10.0. The van der Waals surface area contributed by atoms with Crippen LogP contribution in [0.1, 0.15) is 37.7 Å². The SMILES string of the molecule is COc1c(O)c(C2(N)CCCCC2)cc(Cl)c1F. The van der Waals surface area contributed by atoms with Crippen molar-refractivity contribution in [3.05, 3.63) is 22.5 Å². The van der Waals surface area contributed by atoms with Crippen LogP contribution in [0.3, 0.4) is 0 Å². The van der Waals surface area contributed by atoms with E-state index in [4.69, 9.17) is 22.1 Å². The standard InChI is InChI=1S/C13H17ClFNO2/c1-18-12-10(15)9(14)7-8(11(12)17)13(16)5-3-2-4-6-13/h7,17H,2-6,16H2,1H3. The van der Waals surface area contributed by atoms with Crippen LogP contribution in [0, 0.1) is 5.82 Å². The molecule has 0 aromatic heterocycles. The molecule has 0 spiro atoms. The van der Waals surface area contributed by atoms with Crippen molar-refractivity contribution in [2.45, 2.75) is 37.6 Å². The van der Waals surface area contributed by atoms with Crippen molar-refractivity contribution < 1.29 is 14.2 Å². The highest BCUT2D eigenvalue weighted by Gasteiger charge is 2.34. The van der Waals surface area contributed by atoms with E-state index in [0.29, 0.717) is 5.56 Å². The molecule has 3 nitrogen and oxygen atoms in total. The van der Waals surface area contributed by atoms with Crippen molar-refractivity contribution in [3.8, 4) is 11.5 Å². The molecule has 0 unspecified atom stereocenters. The van der Waals surface area contributed by atoms with E-state index in [0.717, 1.165) is 32.1 Å². The minimum atomic E-state index is -0.750. The van der Waals surface area contributed by atoms with Gasteiger partial charge in [-0.05, 0) is 18.9 Å². The zero-order chi connectivity index (χ0) is 13.3. The van der Waals surface area contributed by atoms with E-state index < -0.39 is 11.4 Å². The molecule has 0 heterocycles. The van der Waals surface area contributed by atoms with Crippen LogP contribution in [0.25, 0.3) is 0 Å². The van der Waals surface area contributed by atoms with Gasteiger partial charge in [0.15, 0.2) is 17.3 Å². The molecule has 0 aliphatic heterocycles. The lowest BCUT2D eigenvalue weighted by Gasteiger charge is -2.34. The van der Waals surface area contributed by atoms with Crippen molar-refractivity contribution in [1.82, 2.24) is 0 Å². The summed E-state index contributed by atoms with van der Waals surface area (Å²) in [5.74, 6) is -1.21. The highest BCUT2D eigenvalue weighted by molar-refractivity contribution is 6.31. The summed E-state index contributed by atoms with van der Waals surface area (Å²) >= 11 is 5.83. The molecule has 3 N–H and O–H groups in total. The van der Waals surface area contributed by atoms with E-state index in [1.54, 1.807) is 0 Å². The number of phenols is 1. The van der Waals surface area contributed by atoms with E-state index in [-0.39, 0.29) is 16.5 Å². The fraction of sp³-hybridized carbons (Fsp3) is 0.538. The Balaban J connectivity index is 2.53. The number of aromatic hydroxyl groups is 1. The third kappa shape index (κ3) is 2.15. The van der Waals surface area contributed by atoms with Crippen molar-refractivity contribution in [2.24, 2.45) is 5.73 Å². The molecular formula is C13H17ClFNO2. The zero-order valence-corrected chi connectivity index (χ0v) is 11.1. The summed E-state index contributed by atoms with van der Waals surface area (Å²) < 4.78 is 18.5. The lowest BCUT2D eigenvalue weighted by atomic mass is 9.77. The summed E-state index contributed by atoms with van der Waals surface area (Å²) in [6.07, 6.45) is 4.63. The smallest absolute Gasteiger partial charge is 0.198 e. The third-order valence-corrected chi connectivity index (χ3v) is 3.91. The van der Waals surface area contributed by atoms with Gasteiger partial charge >= 0.3 is 0 Å². The van der Waals surface area contributed by atoms with E-state index in [1.165, 1.54) is 13.2 Å². The van der Waals surface area contributed by atoms with Gasteiger partial charge in [0.1, 0.15) is 0 Å². The van der Waals surface area contributed by atoms with Gasteiger partial charge < -0.3 is 15.6 Å². The Hall–Kier alpha value is -1.00. The first kappa shape index (κ1) is 13.4. The first-order chi connectivity index (χ1) is 8.49. The van der Waals surface area contributed by atoms with Gasteiger partial charge in [-0.3, -0.25) is 0 Å². The average Bonchev–Trinajstić information content (AvgIpc) is 2.35. The summed E-state index contributed by atoms with van der Waals surface area (Å²) in [6.45, 7) is 0. The number of halogens is 2. The molecule has 18 heavy (non-hydrogen) atoms. The second kappa shape index (κ2) is 4.94. The molecule has 100 valence electrons. The lowest BCUT2D eigenvalue weighted by molar-refractivity contribution is 0.283. The molecule has 1 saturated carbocycles. The maximum atomic E-state index is 13.7. The van der Waals surface area contributed by atoms with Crippen molar-refractivity contribution in [2.75, 3.05) is 7.11 Å². The summed E-state index contributed by atoms with van der Waals surface area (Å²) in [6, 6.07) is 1.42. The first-order valence-corrected chi connectivity index (χ1v) is 6.42. The van der Waals surface area contributed by atoms with Gasteiger partial charge in [0.2, 0.25) is 0 Å². The van der Waals surface area contributed by atoms with Gasteiger partial charge in [-0.15, -0.1) is 0 Å². The van der Waals surface area contributed by atoms with E-state index >= 15 is 0 Å². The minimum absolute atomic E-state index is 0.0740. The number of hydrogen-bond donors (Lipinski definition) is 2. The monoisotopic (exact) mass is 273 g/mol. The van der Waals surface area contributed by atoms with Crippen molar-refractivity contribution in [1.29, 1.82) is 0 Å². The molecule has 1 fully saturated rings. The second-order valence-corrected chi connectivity index (χ2v) is 5.23. The molecular weight excluding hydrogens is 257 g/mol. The molecule has 0 saturated heterocycles. The Bertz CT molecular complexity index is 459. The van der Waals surface area contributed by atoms with Crippen LogP contribution in [-0.4, -0.2) is 12.2 Å². The summed E-state index contributed by atoms with van der Waals surface area (Å²) in [5.41, 5.74) is 6.16. The molecule has 5 heteroatoms. The number of ether oxygens (including phenoxy) is 1. The van der Waals surface area contributed by atoms with E-state index in [9.17, 15) is 9.50 Å². The first-order valence-electron chi connectivity index (χ1n) is 6.04. The molecule has 0 radical (unpaired) electrons. The zero-order valence-electron chi connectivity index (χ0n) is 10.3. The average molecular weight is 274 g/mol. The van der Waals surface area contributed by atoms with Gasteiger partial charge in [-0.1, -0.05) is 30.9 Å². The summed E-state index contributed by atoms with van der Waals surface area (Å²) in [4.78, 5) is 0. The van der Waals surface area contributed by atoms with Crippen molar-refractivity contribution in [3.63, 3.8) is 0 Å². The maximum Gasteiger partial charge on any atom is 0.198 e. The molecule has 0 atom stereocenters. The van der Waals surface area contributed by atoms with Crippen LogP contribution in [0.4, 0.5) is 4.39 Å². The van der Waals surface area contributed by atoms with Crippen molar-refractivity contribution >= 4 is 11.6 Å². The Kier molecular flexibility index (Phi) is 3.69. The van der Waals surface area contributed by atoms with Crippen LogP contribution in [0.15, 0.2) is 6.07 Å². The number of nitrogens with two attached hydrogens (primary N) is 1. The van der Waals surface area contributed by atoms with Crippen LogP contribution < -0.4 is 10.5 Å². The predicted octanol–water partition coefficient (Wildman–Crippen LogP) is 3.31. The van der Waals surface area contributed by atoms with Gasteiger partial charge in [0, 0.05) is 11.1 Å². The van der Waals surface area contributed by atoms with Crippen LogP contribution in [-0.2, 0) is 5.54 Å². The maximum absolute atomic E-state index is 13.7. The predicted molar refractivity (Wildman–Crippen MR) is 68.6 cm³/mol. The van der Waals surface area contributed by atoms with Gasteiger partial charge in [0.05, 0.1) is 12.1 Å². The fourth-order valence-corrected chi connectivity index (χ4v) is 2.81. The number of rotatable bonds is 2. The Morgan fingerprint density at radius 3 is 2.56 bits per heavy atom. The van der Waals surface area contributed by atoms with E-state index in [2.05, 4.69) is 0 Å². The van der Waals surface area contributed by atoms with Gasteiger partial charge in [-0.25, -0.2) is 4.39 Å². The largest absolute Gasteiger partial charge is 0.504 e. The van der Waals surface area contributed by atoms with Gasteiger partial charge in [0.25, 0.3) is 0 Å². The number of methoxy groups -OCH3 is 1. The molecule has 1 aliphatic carbocycles. The number of phenolic OH excluding ortho intramolecular Hbond substituents is 1. The Morgan fingerprint density at radius 2 is 2.00 bits per heavy atom. The minimum Gasteiger partial charge on any atom is -0.504 e. The van der Waals surface area contributed by atoms with E-state index in [1.807, 2.05) is 0 Å². The van der Waals surface area contributed by atoms with Crippen LogP contribution >= 0.6 is 11.6 Å². The fourth-order valence-electron chi connectivity index (χ4n) is 2.61. The van der Waals surface area contributed by atoms with Crippen LogP contribution in [0.2, 0.25) is 5.02 Å². The third-order valence-electron chi connectivity index (χ3n) is 3.64. The highest BCUT2D eigenvalue weighted by atomic mass is 35.5. The topological polar surface area (TPSA) is 55.5 Å². The normalized spacial score (nSPS) is 18.7. The molecule has 1 aromatic rings. The number of hydrogen-bond acceptors (Lipinski definition) is 3. The summed E-state index contributed by atoms with van der Waals surface area (Å²) in [7, 11) is 1.29. The quantitative estimate of drug-likeness (QED) is 0.869. The Morgan fingerprint density at radius 1 is 1.39 bits per heavy atom.